The molecule has 0 fully saturated rings. The summed E-state index contributed by atoms with van der Waals surface area (Å²) in [5.41, 5.74) is 0. The lowest BCUT2D eigenvalue weighted by Crippen LogP contribution is -2.47. The van der Waals surface area contributed by atoms with E-state index in [4.69, 9.17) is 9.59 Å². The van der Waals surface area contributed by atoms with E-state index in [1.54, 1.807) is 0 Å². The van der Waals surface area contributed by atoms with Crippen LogP contribution in [0.2, 0.25) is 6.55 Å². The molecule has 94 valence electrons. The van der Waals surface area contributed by atoms with Crippen molar-refractivity contribution < 1.29 is 23.6 Å². The van der Waals surface area contributed by atoms with Gasteiger partial charge in [0.25, 0.3) is 0 Å². The first-order valence-corrected chi connectivity index (χ1v) is 8.39. The van der Waals surface area contributed by atoms with Gasteiger partial charge in [0.2, 0.25) is 5.91 Å². The highest BCUT2D eigenvalue weighted by Gasteiger charge is 2.33. The van der Waals surface area contributed by atoms with Crippen LogP contribution in [0.4, 0.5) is 0 Å². The molecule has 0 aromatic heterocycles. The van der Waals surface area contributed by atoms with E-state index in [1.165, 1.54) is 18.7 Å². The van der Waals surface area contributed by atoms with Crippen LogP contribution in [0.3, 0.4) is 0 Å². The molecule has 0 aliphatic heterocycles. The quantitative estimate of drug-likeness (QED) is 0.553. The third-order valence-corrected chi connectivity index (χ3v) is 2.80. The third kappa shape index (κ3) is 7.68. The molecule has 0 bridgehead atoms. The predicted molar refractivity (Wildman–Crippen MR) is 62.8 cm³/mol. The van der Waals surface area contributed by atoms with Gasteiger partial charge in [-0.05, 0) is 18.4 Å². The maximum Gasteiger partial charge on any atom is 0.559 e. The van der Waals surface area contributed by atoms with E-state index in [0.717, 1.165) is 6.55 Å². The van der Waals surface area contributed by atoms with Crippen molar-refractivity contribution in [2.75, 3.05) is 12.0 Å². The number of nitrogens with one attached hydrogen (secondary N) is 1. The summed E-state index contributed by atoms with van der Waals surface area (Å²) in [5, 5.41) is 2.41. The first-order chi connectivity index (χ1) is 7.26. The van der Waals surface area contributed by atoms with E-state index in [2.05, 4.69) is 9.74 Å². The van der Waals surface area contributed by atoms with E-state index < -0.39 is 20.8 Å². The molecule has 0 saturated carbocycles. The fourth-order valence-corrected chi connectivity index (χ4v) is 1.99. The smallest absolute Gasteiger partial charge is 0.472 e. The number of carbonyl (C=O) groups is 2. The Morgan fingerprint density at radius 2 is 2.06 bits per heavy atom. The molecule has 8 heteroatoms. The molecule has 16 heavy (non-hydrogen) atoms. The van der Waals surface area contributed by atoms with Gasteiger partial charge >= 0.3 is 14.8 Å². The zero-order valence-corrected chi connectivity index (χ0v) is 11.3. The SMILES string of the molecule is CSCC[C@H](NC(C)=O)C(=O)O[Si](C)(O)O. The molecule has 0 saturated heterocycles. The summed E-state index contributed by atoms with van der Waals surface area (Å²) in [5.74, 6) is -0.499. The Kier molecular flexibility index (Phi) is 6.64. The van der Waals surface area contributed by atoms with Gasteiger partial charge in [-0.15, -0.1) is 0 Å². The molecule has 1 atom stereocenters. The van der Waals surface area contributed by atoms with E-state index in [0.29, 0.717) is 12.2 Å². The van der Waals surface area contributed by atoms with Crippen LogP contribution in [0.5, 0.6) is 0 Å². The molecule has 0 aliphatic carbocycles. The van der Waals surface area contributed by atoms with E-state index in [-0.39, 0.29) is 5.91 Å². The molecule has 0 heterocycles. The lowest BCUT2D eigenvalue weighted by atomic mass is 10.2. The van der Waals surface area contributed by atoms with Crippen LogP contribution >= 0.6 is 11.8 Å². The first-order valence-electron chi connectivity index (χ1n) is 4.70. The number of thioether (sulfide) groups is 1. The number of rotatable bonds is 6. The van der Waals surface area contributed by atoms with Crippen molar-refractivity contribution in [3.8, 4) is 0 Å². The topological polar surface area (TPSA) is 95.9 Å². The highest BCUT2D eigenvalue weighted by atomic mass is 32.2. The number of carbonyl (C=O) groups excluding carboxylic acids is 2. The largest absolute Gasteiger partial charge is 0.559 e. The van der Waals surface area contributed by atoms with Gasteiger partial charge in [-0.3, -0.25) is 9.59 Å². The first kappa shape index (κ1) is 15.4. The molecule has 0 aromatic rings. The molecule has 0 unspecified atom stereocenters. The van der Waals surface area contributed by atoms with Crippen molar-refractivity contribution in [1.82, 2.24) is 5.32 Å². The van der Waals surface area contributed by atoms with Crippen LogP contribution in [0.25, 0.3) is 0 Å². The Morgan fingerprint density at radius 1 is 1.50 bits per heavy atom. The highest BCUT2D eigenvalue weighted by molar-refractivity contribution is 7.98. The maximum atomic E-state index is 11.5. The summed E-state index contributed by atoms with van der Waals surface area (Å²) in [4.78, 5) is 40.4. The van der Waals surface area contributed by atoms with Crippen molar-refractivity contribution >= 4 is 32.4 Å². The lowest BCUT2D eigenvalue weighted by Gasteiger charge is -2.19. The monoisotopic (exact) mass is 267 g/mol. The second-order valence-corrected chi connectivity index (χ2v) is 6.45. The molecule has 0 radical (unpaired) electrons. The van der Waals surface area contributed by atoms with Crippen LogP contribution < -0.4 is 5.32 Å². The summed E-state index contributed by atoms with van der Waals surface area (Å²) >= 11 is 1.52. The predicted octanol–water partition coefficient (Wildman–Crippen LogP) is -0.659. The Morgan fingerprint density at radius 3 is 2.44 bits per heavy atom. The van der Waals surface area contributed by atoms with Crippen molar-refractivity contribution in [1.29, 1.82) is 0 Å². The minimum Gasteiger partial charge on any atom is -0.472 e. The summed E-state index contributed by atoms with van der Waals surface area (Å²) in [7, 11) is -3.88. The normalized spacial score (nSPS) is 13.1. The van der Waals surface area contributed by atoms with Crippen LogP contribution in [-0.2, 0) is 14.0 Å². The van der Waals surface area contributed by atoms with Crippen LogP contribution in [-0.4, -0.2) is 48.3 Å². The fourth-order valence-electron chi connectivity index (χ4n) is 0.992. The van der Waals surface area contributed by atoms with Gasteiger partial charge in [0, 0.05) is 13.5 Å². The molecular weight excluding hydrogens is 250 g/mol. The van der Waals surface area contributed by atoms with Gasteiger partial charge in [-0.25, -0.2) is 0 Å². The average Bonchev–Trinajstić information content (AvgIpc) is 2.08. The minimum absolute atomic E-state index is 0.359. The van der Waals surface area contributed by atoms with Crippen molar-refractivity contribution in [2.24, 2.45) is 0 Å². The molecule has 6 nitrogen and oxygen atoms in total. The minimum atomic E-state index is -3.88. The number of hydrogen-bond donors (Lipinski definition) is 3. The van der Waals surface area contributed by atoms with Gasteiger partial charge in [0.15, 0.2) is 0 Å². The lowest BCUT2D eigenvalue weighted by molar-refractivity contribution is -0.142. The molecule has 0 aromatic carbocycles. The summed E-state index contributed by atoms with van der Waals surface area (Å²) in [6, 6.07) is -0.823. The van der Waals surface area contributed by atoms with Crippen molar-refractivity contribution in [3.63, 3.8) is 0 Å². The molecule has 3 N–H and O–H groups in total. The average molecular weight is 267 g/mol. The maximum absolute atomic E-state index is 11.5. The van der Waals surface area contributed by atoms with Crippen LogP contribution in [0.15, 0.2) is 0 Å². The zero-order valence-electron chi connectivity index (χ0n) is 9.52. The van der Waals surface area contributed by atoms with Crippen LogP contribution in [0, 0.1) is 0 Å². The van der Waals surface area contributed by atoms with E-state index >= 15 is 0 Å². The van der Waals surface area contributed by atoms with Crippen LogP contribution in [0.1, 0.15) is 13.3 Å². The van der Waals surface area contributed by atoms with Gasteiger partial charge < -0.3 is 19.3 Å². The van der Waals surface area contributed by atoms with Gasteiger partial charge in [-0.1, -0.05) is 0 Å². The van der Waals surface area contributed by atoms with Gasteiger partial charge in [0.05, 0.1) is 0 Å². The Hall–Kier alpha value is -0.573. The Balaban J connectivity index is 4.37. The summed E-state index contributed by atoms with van der Waals surface area (Å²) in [6.45, 7) is 2.35. The molecular formula is C8H17NO5SSi. The van der Waals surface area contributed by atoms with Gasteiger partial charge in [-0.2, -0.15) is 11.8 Å². The molecule has 0 rings (SSSR count). The Bertz CT molecular complexity index is 255. The molecule has 1 amide bonds. The van der Waals surface area contributed by atoms with Crippen molar-refractivity contribution in [3.05, 3.63) is 0 Å². The zero-order chi connectivity index (χ0) is 12.8. The van der Waals surface area contributed by atoms with E-state index in [1.807, 2.05) is 6.26 Å². The Labute approximate surface area is 99.7 Å². The third-order valence-electron chi connectivity index (χ3n) is 1.57. The summed E-state index contributed by atoms with van der Waals surface area (Å²) in [6.07, 6.45) is 2.26. The highest BCUT2D eigenvalue weighted by Crippen LogP contribution is 2.05. The molecule has 0 aliphatic rings. The fraction of sp³-hybridized carbons (Fsp3) is 0.750. The van der Waals surface area contributed by atoms with Gasteiger partial charge in [0.1, 0.15) is 6.04 Å². The number of amides is 1. The summed E-state index contributed by atoms with van der Waals surface area (Å²) < 4.78 is 4.48. The second-order valence-electron chi connectivity index (χ2n) is 3.39. The number of hydrogen-bond acceptors (Lipinski definition) is 6. The standard InChI is InChI=1S/C8H17NO5SSi/c1-6(10)9-7(4-5-15-2)8(11)14-16(3,12)13/h7,12-13H,4-5H2,1-3H3,(H,9,10)/t7-/m0/s1. The molecule has 0 spiro atoms. The van der Waals surface area contributed by atoms with Crippen molar-refractivity contribution in [2.45, 2.75) is 25.9 Å². The van der Waals surface area contributed by atoms with E-state index in [9.17, 15) is 9.59 Å². The second kappa shape index (κ2) is 6.89.